The average Bonchev–Trinajstić information content (AvgIpc) is 2.68. The summed E-state index contributed by atoms with van der Waals surface area (Å²) in [6.07, 6.45) is 0.654. The van der Waals surface area contributed by atoms with E-state index in [2.05, 4.69) is 5.09 Å². The molecule has 0 aliphatic heterocycles. The predicted molar refractivity (Wildman–Crippen MR) is 110 cm³/mol. The van der Waals surface area contributed by atoms with E-state index in [9.17, 15) is 9.46 Å². The molecule has 3 aromatic carbocycles. The van der Waals surface area contributed by atoms with Crippen molar-refractivity contribution in [3.63, 3.8) is 0 Å². The fourth-order valence-corrected chi connectivity index (χ4v) is 5.55. The minimum Gasteiger partial charge on any atom is -0.326 e. The van der Waals surface area contributed by atoms with Gasteiger partial charge >= 0.3 is 6.72 Å². The first kappa shape index (κ1) is 18.9. The Labute approximate surface area is 158 Å². The first-order chi connectivity index (χ1) is 12.6. The average molecular weight is 383 g/mol. The van der Waals surface area contributed by atoms with Crippen molar-refractivity contribution < 1.29 is 9.46 Å². The lowest BCUT2D eigenvalue weighted by Gasteiger charge is -2.22. The number of hydrogen-bond acceptors (Lipinski definition) is 2. The largest absolute Gasteiger partial charge is 0.326 e. The van der Waals surface area contributed by atoms with Crippen molar-refractivity contribution in [2.75, 3.05) is 0 Å². The molecule has 0 aliphatic rings. The highest BCUT2D eigenvalue weighted by Crippen LogP contribution is 2.54. The fourth-order valence-electron chi connectivity index (χ4n) is 2.74. The van der Waals surface area contributed by atoms with Crippen molar-refractivity contribution in [2.24, 2.45) is 0 Å². The highest BCUT2D eigenvalue weighted by atomic mass is 32.7. The molecule has 2 atom stereocenters. The van der Waals surface area contributed by atoms with E-state index in [0.717, 1.165) is 28.1 Å². The Balaban J connectivity index is 1.72. The summed E-state index contributed by atoms with van der Waals surface area (Å²) in [7, 11) is 0. The lowest BCUT2D eigenvalue weighted by Crippen LogP contribution is -2.19. The topological polar surface area (TPSA) is 49.3 Å². The Bertz CT molecular complexity index is 844. The molecule has 0 saturated carbocycles. The van der Waals surface area contributed by atoms with Gasteiger partial charge in [0.15, 0.2) is 0 Å². The van der Waals surface area contributed by atoms with Crippen LogP contribution in [0.25, 0.3) is 0 Å². The number of benzene rings is 3. The summed E-state index contributed by atoms with van der Waals surface area (Å²) >= 11 is 1.07. The molecule has 3 rings (SSSR count). The minimum absolute atomic E-state index is 0.224. The summed E-state index contributed by atoms with van der Waals surface area (Å²) in [4.78, 5) is 10.5. The van der Waals surface area contributed by atoms with Gasteiger partial charge in [-0.25, -0.2) is 5.09 Å². The standard InChI is InChI=1S/C21H22NO2PS/c23-25(24,26-17-19-12-6-2-7-13-19)22-21(20-14-8-3-9-15-20)16-18-10-4-1-5-11-18/h1-15,21H,16-17H2,(H2,22,23,24). The van der Waals surface area contributed by atoms with Gasteiger partial charge in [0.05, 0.1) is 0 Å². The molecule has 26 heavy (non-hydrogen) atoms. The van der Waals surface area contributed by atoms with Gasteiger partial charge in [-0.15, -0.1) is 0 Å². The van der Waals surface area contributed by atoms with Gasteiger partial charge < -0.3 is 4.89 Å². The van der Waals surface area contributed by atoms with Crippen molar-refractivity contribution in [1.82, 2.24) is 5.09 Å². The predicted octanol–water partition coefficient (Wildman–Crippen LogP) is 5.59. The molecule has 0 heterocycles. The molecule has 0 fully saturated rings. The third kappa shape index (κ3) is 5.86. The monoisotopic (exact) mass is 383 g/mol. The Morgan fingerprint density at radius 1 is 0.808 bits per heavy atom. The molecule has 2 unspecified atom stereocenters. The van der Waals surface area contributed by atoms with E-state index in [0.29, 0.717) is 12.2 Å². The number of hydrogen-bond donors (Lipinski definition) is 2. The lowest BCUT2D eigenvalue weighted by molar-refractivity contribution is 0.467. The molecule has 0 bridgehead atoms. The van der Waals surface area contributed by atoms with Crippen LogP contribution in [0.1, 0.15) is 22.7 Å². The van der Waals surface area contributed by atoms with Crippen LogP contribution in [0.3, 0.4) is 0 Å². The van der Waals surface area contributed by atoms with Crippen LogP contribution in [0, 0.1) is 0 Å². The summed E-state index contributed by atoms with van der Waals surface area (Å²) in [6.45, 7) is -3.55. The highest BCUT2D eigenvalue weighted by Gasteiger charge is 2.25. The van der Waals surface area contributed by atoms with Gasteiger partial charge in [-0.2, -0.15) is 0 Å². The maximum atomic E-state index is 12.8. The van der Waals surface area contributed by atoms with Crippen LogP contribution in [0.2, 0.25) is 0 Å². The summed E-state index contributed by atoms with van der Waals surface area (Å²) in [6, 6.07) is 29.4. The first-order valence-corrected chi connectivity index (χ1v) is 11.8. The van der Waals surface area contributed by atoms with Gasteiger partial charge in [-0.1, -0.05) is 91.0 Å². The second-order valence-corrected chi connectivity index (χ2v) is 10.2. The van der Waals surface area contributed by atoms with Crippen LogP contribution in [0.5, 0.6) is 0 Å². The van der Waals surface area contributed by atoms with E-state index in [1.807, 2.05) is 91.0 Å². The second kappa shape index (κ2) is 9.20. The Hall–Kier alpha value is -1.84. The summed E-state index contributed by atoms with van der Waals surface area (Å²) in [5.74, 6) is 0.495. The third-order valence-corrected chi connectivity index (χ3v) is 7.26. The molecule has 3 nitrogen and oxygen atoms in total. The zero-order chi connectivity index (χ0) is 18.2. The van der Waals surface area contributed by atoms with Crippen molar-refractivity contribution in [2.45, 2.75) is 18.2 Å². The molecule has 0 aromatic heterocycles. The molecule has 134 valence electrons. The van der Waals surface area contributed by atoms with Crippen LogP contribution in [0.4, 0.5) is 0 Å². The molecule has 0 radical (unpaired) electrons. The van der Waals surface area contributed by atoms with E-state index in [1.54, 1.807) is 0 Å². The normalized spacial score (nSPS) is 14.5. The molecular formula is C21H22NO2PS. The maximum absolute atomic E-state index is 12.8. The molecule has 3 aromatic rings. The summed E-state index contributed by atoms with van der Waals surface area (Å²) in [5, 5.41) is 3.00. The van der Waals surface area contributed by atoms with Crippen LogP contribution in [-0.4, -0.2) is 4.89 Å². The van der Waals surface area contributed by atoms with Gasteiger partial charge in [0, 0.05) is 11.8 Å². The van der Waals surface area contributed by atoms with Gasteiger partial charge in [-0.3, -0.25) is 4.57 Å². The van der Waals surface area contributed by atoms with E-state index < -0.39 is 6.72 Å². The molecular weight excluding hydrogens is 361 g/mol. The summed E-state index contributed by atoms with van der Waals surface area (Å²) in [5.41, 5.74) is 3.17. The van der Waals surface area contributed by atoms with Crippen LogP contribution in [0.15, 0.2) is 91.0 Å². The zero-order valence-corrected chi connectivity index (χ0v) is 16.1. The van der Waals surface area contributed by atoms with Crippen LogP contribution < -0.4 is 5.09 Å². The van der Waals surface area contributed by atoms with Gasteiger partial charge in [0.1, 0.15) is 0 Å². The van der Waals surface area contributed by atoms with Crippen molar-refractivity contribution in [3.8, 4) is 0 Å². The molecule has 5 heteroatoms. The number of nitrogens with one attached hydrogen (secondary N) is 1. The van der Waals surface area contributed by atoms with E-state index in [-0.39, 0.29) is 6.04 Å². The quantitative estimate of drug-likeness (QED) is 0.498. The van der Waals surface area contributed by atoms with Crippen molar-refractivity contribution in [3.05, 3.63) is 108 Å². The Morgan fingerprint density at radius 3 is 1.88 bits per heavy atom. The van der Waals surface area contributed by atoms with Gasteiger partial charge in [-0.05, 0) is 34.5 Å². The second-order valence-electron chi connectivity index (χ2n) is 6.06. The number of rotatable bonds is 8. The highest BCUT2D eigenvalue weighted by molar-refractivity contribution is 8.55. The lowest BCUT2D eigenvalue weighted by atomic mass is 10.00. The van der Waals surface area contributed by atoms with Crippen molar-refractivity contribution in [1.29, 1.82) is 0 Å². The van der Waals surface area contributed by atoms with Crippen LogP contribution >= 0.6 is 18.1 Å². The molecule has 2 N–H and O–H groups in total. The SMILES string of the molecule is O=P(O)(NC(Cc1ccccc1)c1ccccc1)SCc1ccccc1. The molecule has 0 spiro atoms. The first-order valence-electron chi connectivity index (χ1n) is 8.50. The molecule has 0 saturated heterocycles. The Kier molecular flexibility index (Phi) is 6.70. The third-order valence-electron chi connectivity index (χ3n) is 4.05. The van der Waals surface area contributed by atoms with Crippen molar-refractivity contribution >= 4 is 18.1 Å². The van der Waals surface area contributed by atoms with E-state index >= 15 is 0 Å². The molecule has 0 amide bonds. The van der Waals surface area contributed by atoms with Gasteiger partial charge in [0.2, 0.25) is 0 Å². The molecule has 0 aliphatic carbocycles. The van der Waals surface area contributed by atoms with Gasteiger partial charge in [0.25, 0.3) is 0 Å². The maximum Gasteiger partial charge on any atom is 0.324 e. The van der Waals surface area contributed by atoms with E-state index in [4.69, 9.17) is 0 Å². The minimum atomic E-state index is -3.55. The van der Waals surface area contributed by atoms with E-state index in [1.165, 1.54) is 0 Å². The smallest absolute Gasteiger partial charge is 0.324 e. The van der Waals surface area contributed by atoms with Crippen LogP contribution in [-0.2, 0) is 16.7 Å². The zero-order valence-electron chi connectivity index (χ0n) is 14.4. The summed E-state index contributed by atoms with van der Waals surface area (Å²) < 4.78 is 12.8. The fraction of sp³-hybridized carbons (Fsp3) is 0.143. The Morgan fingerprint density at radius 2 is 1.31 bits per heavy atom.